The molecule has 0 spiro atoms. The molecule has 3 unspecified atom stereocenters. The topological polar surface area (TPSA) is 178 Å². The van der Waals surface area contributed by atoms with Crippen LogP contribution in [0.15, 0.2) is 76.9 Å². The number of piperidine rings is 1. The van der Waals surface area contributed by atoms with Gasteiger partial charge in [0, 0.05) is 86.6 Å². The second kappa shape index (κ2) is 20.8. The van der Waals surface area contributed by atoms with E-state index in [1.54, 1.807) is 16.2 Å². The first-order chi connectivity index (χ1) is 37.9. The molecule has 3 aromatic carbocycles. The zero-order chi connectivity index (χ0) is 53.3. The van der Waals surface area contributed by atoms with E-state index in [4.69, 9.17) is 24.2 Å². The van der Waals surface area contributed by atoms with Gasteiger partial charge < -0.3 is 44.6 Å². The van der Waals surface area contributed by atoms with Crippen LogP contribution < -0.4 is 25.2 Å². The number of carbonyl (C=O) groups is 2. The molecule has 3 N–H and O–H groups in total. The summed E-state index contributed by atoms with van der Waals surface area (Å²) in [6, 6.07) is 20.8. The van der Waals surface area contributed by atoms with Crippen LogP contribution in [0.3, 0.4) is 0 Å². The predicted octanol–water partition coefficient (Wildman–Crippen LogP) is 9.60. The minimum atomic E-state index is -0.535. The van der Waals surface area contributed by atoms with Crippen LogP contribution in [0.25, 0.3) is 43.4 Å². The fourth-order valence-corrected chi connectivity index (χ4v) is 14.6. The molecule has 2 amide bonds. The van der Waals surface area contributed by atoms with E-state index < -0.39 is 12.0 Å². The number of phenols is 1. The molecule has 5 aliphatic heterocycles. The highest BCUT2D eigenvalue weighted by Gasteiger charge is 2.42. The lowest BCUT2D eigenvalue weighted by atomic mass is 9.79. The SMILES string of the molecule is Cc1ncsc1-c1ccc([C@H](C)NC(=O)[C@@H]2CCCN2C(=O)[C@H](c2cc(N3CC(CN4CCC(CCOc5nc(N6CC7CCC(C6)N7)c6cnc7c(c6n5)C(C)c5cccc6cc(O)cc-7c56)CC4)C3)no2)C(C)C)cc1. The second-order valence-corrected chi connectivity index (χ2v) is 24.4. The standard InChI is InChI=1S/C61H71N11O5S/c1-34(2)52(60(75)72-20-7-10-49(72)59(74)64-36(4)40-11-13-41(14-12-40)57-37(5)63-33-78-57)50-26-51(68-77-50)70-29-39(30-70)28-69-21-17-38(18-22-69)19-23-76-61-66-56-48(58(67-61)71-31-43-15-16-44(32-71)65-43)27-62-55-47-25-45(73)24-42-8-6-9-46(54(42)47)35(3)53(55)56/h6,8-9,11-14,24-27,33-36,38-39,43-44,49,52,65,73H,7,10,15-23,28-32H2,1-5H3,(H,64,74)/t35?,36-,43?,44?,49-,52-/m0/s1. The summed E-state index contributed by atoms with van der Waals surface area (Å²) in [5.41, 5.74) is 9.96. The molecule has 4 aromatic heterocycles. The third-order valence-electron chi connectivity index (χ3n) is 18.0. The number of piperazine rings is 1. The summed E-state index contributed by atoms with van der Waals surface area (Å²) < 4.78 is 12.6. The summed E-state index contributed by atoms with van der Waals surface area (Å²) in [7, 11) is 0. The van der Waals surface area contributed by atoms with Crippen molar-refractivity contribution in [2.45, 2.75) is 116 Å². The summed E-state index contributed by atoms with van der Waals surface area (Å²) in [6.45, 7) is 18.2. The number of rotatable bonds is 15. The quantitative estimate of drug-likeness (QED) is 0.0884. The lowest BCUT2D eigenvalue weighted by Crippen LogP contribution is -2.52. The molecule has 2 bridgehead atoms. The van der Waals surface area contributed by atoms with Crippen LogP contribution in [-0.4, -0.2) is 129 Å². The Morgan fingerprint density at radius 3 is 2.46 bits per heavy atom. The number of hydrogen-bond donors (Lipinski definition) is 3. The van der Waals surface area contributed by atoms with Crippen molar-refractivity contribution in [1.29, 1.82) is 0 Å². The molecule has 9 heterocycles. The van der Waals surface area contributed by atoms with E-state index in [1.165, 1.54) is 18.4 Å². The van der Waals surface area contributed by atoms with Gasteiger partial charge in [-0.25, -0.2) is 4.98 Å². The van der Waals surface area contributed by atoms with E-state index in [-0.39, 0.29) is 35.4 Å². The zero-order valence-electron chi connectivity index (χ0n) is 45.5. The monoisotopic (exact) mass is 1070 g/mol. The maximum atomic E-state index is 14.4. The van der Waals surface area contributed by atoms with Crippen molar-refractivity contribution < 1.29 is 24.0 Å². The van der Waals surface area contributed by atoms with Crippen molar-refractivity contribution in [3.63, 3.8) is 0 Å². The highest BCUT2D eigenvalue weighted by Crippen LogP contribution is 2.49. The van der Waals surface area contributed by atoms with E-state index in [2.05, 4.69) is 84.9 Å². The minimum Gasteiger partial charge on any atom is -0.508 e. The molecule has 78 heavy (non-hydrogen) atoms. The fraction of sp³-hybridized carbons (Fsp3) is 0.492. The average Bonchev–Trinajstić information content (AvgIpc) is 4.41. The number of amides is 2. The Labute approximate surface area is 460 Å². The van der Waals surface area contributed by atoms with Crippen LogP contribution in [0.5, 0.6) is 11.8 Å². The number of phenolic OH excluding ortho intramolecular Hbond substituents is 1. The van der Waals surface area contributed by atoms with Crippen LogP contribution in [0, 0.1) is 24.7 Å². The molecular weight excluding hydrogens is 999 g/mol. The molecule has 6 atom stereocenters. The number of nitrogens with one attached hydrogen (secondary N) is 2. The molecule has 16 nitrogen and oxygen atoms in total. The molecule has 17 heteroatoms. The largest absolute Gasteiger partial charge is 0.508 e. The Morgan fingerprint density at radius 2 is 1.71 bits per heavy atom. The van der Waals surface area contributed by atoms with Crippen molar-refractivity contribution in [2.75, 3.05) is 68.8 Å². The number of nitrogens with zero attached hydrogens (tertiary/aromatic N) is 9. The Kier molecular flexibility index (Phi) is 13.6. The molecule has 0 radical (unpaired) electrons. The molecule has 406 valence electrons. The predicted molar refractivity (Wildman–Crippen MR) is 304 cm³/mol. The highest BCUT2D eigenvalue weighted by molar-refractivity contribution is 7.13. The van der Waals surface area contributed by atoms with Gasteiger partial charge in [0.15, 0.2) is 11.6 Å². The number of anilines is 2. The van der Waals surface area contributed by atoms with Gasteiger partial charge in [-0.05, 0) is 123 Å². The lowest BCUT2D eigenvalue weighted by Gasteiger charge is -2.43. The fourth-order valence-electron chi connectivity index (χ4n) is 13.8. The Hall–Kier alpha value is -6.69. The van der Waals surface area contributed by atoms with Gasteiger partial charge in [-0.3, -0.25) is 14.6 Å². The van der Waals surface area contributed by atoms with E-state index in [9.17, 15) is 14.7 Å². The summed E-state index contributed by atoms with van der Waals surface area (Å²) in [5.74, 6) is 2.82. The van der Waals surface area contributed by atoms with Gasteiger partial charge >= 0.3 is 6.01 Å². The number of aryl methyl sites for hydroxylation is 1. The lowest BCUT2D eigenvalue weighted by molar-refractivity contribution is -0.141. The van der Waals surface area contributed by atoms with Crippen LogP contribution in [-0.2, 0) is 9.59 Å². The minimum absolute atomic E-state index is 0.0391. The smallest absolute Gasteiger partial charge is 0.318 e. The van der Waals surface area contributed by atoms with Gasteiger partial charge in [0.25, 0.3) is 0 Å². The van der Waals surface area contributed by atoms with E-state index in [1.807, 2.05) is 57.6 Å². The van der Waals surface area contributed by atoms with Crippen molar-refractivity contribution in [1.82, 2.24) is 45.5 Å². The number of aromatic hydroxyl groups is 1. The molecule has 5 fully saturated rings. The first-order valence-electron chi connectivity index (χ1n) is 28.6. The molecular formula is C61H71N11O5S. The summed E-state index contributed by atoms with van der Waals surface area (Å²) in [5, 5.41) is 25.4. The van der Waals surface area contributed by atoms with Gasteiger partial charge in [-0.15, -0.1) is 11.3 Å². The Morgan fingerprint density at radius 1 is 0.910 bits per heavy atom. The summed E-state index contributed by atoms with van der Waals surface area (Å²) in [4.78, 5) is 58.3. The van der Waals surface area contributed by atoms with Gasteiger partial charge in [0.1, 0.15) is 23.5 Å². The average molecular weight is 1070 g/mol. The van der Waals surface area contributed by atoms with E-state index in [0.29, 0.717) is 55.3 Å². The molecule has 7 aromatic rings. The van der Waals surface area contributed by atoms with Gasteiger partial charge in [-0.1, -0.05) is 68.4 Å². The van der Waals surface area contributed by atoms with Crippen molar-refractivity contribution in [3.05, 3.63) is 101 Å². The number of thiazole rings is 1. The van der Waals surface area contributed by atoms with E-state index in [0.717, 1.165) is 143 Å². The first kappa shape index (κ1) is 50.8. The van der Waals surface area contributed by atoms with E-state index >= 15 is 0 Å². The number of fused-ring (bicyclic) bond motifs is 6. The van der Waals surface area contributed by atoms with Gasteiger partial charge in [0.2, 0.25) is 11.8 Å². The molecule has 0 saturated carbocycles. The molecule has 5 saturated heterocycles. The number of likely N-dealkylation sites (tertiary alicyclic amines) is 2. The zero-order valence-corrected chi connectivity index (χ0v) is 46.3. The molecule has 13 rings (SSSR count). The number of aromatic nitrogens is 5. The number of carbonyl (C=O) groups excluding carboxylic acids is 2. The van der Waals surface area contributed by atoms with Crippen molar-refractivity contribution in [2.24, 2.45) is 17.8 Å². The maximum absolute atomic E-state index is 14.4. The maximum Gasteiger partial charge on any atom is 0.318 e. The van der Waals surface area contributed by atoms with Crippen LogP contribution >= 0.6 is 11.3 Å². The second-order valence-electron chi connectivity index (χ2n) is 23.6. The Bertz CT molecular complexity index is 3370. The summed E-state index contributed by atoms with van der Waals surface area (Å²) in [6.07, 6.45) is 8.89. The van der Waals surface area contributed by atoms with Gasteiger partial charge in [-0.2, -0.15) is 9.97 Å². The van der Waals surface area contributed by atoms with Crippen LogP contribution in [0.2, 0.25) is 0 Å². The van der Waals surface area contributed by atoms with Crippen LogP contribution in [0.4, 0.5) is 11.6 Å². The third kappa shape index (κ3) is 9.52. The number of ether oxygens (including phenoxy) is 1. The first-order valence-corrected chi connectivity index (χ1v) is 29.4. The van der Waals surface area contributed by atoms with Crippen molar-refractivity contribution >= 4 is 56.5 Å². The molecule has 1 aliphatic carbocycles. The van der Waals surface area contributed by atoms with Crippen molar-refractivity contribution in [3.8, 4) is 33.5 Å². The molecule has 6 aliphatic rings. The third-order valence-corrected chi connectivity index (χ3v) is 19.0. The highest BCUT2D eigenvalue weighted by atomic mass is 32.1. The number of benzene rings is 3. The Balaban J connectivity index is 0.605. The van der Waals surface area contributed by atoms with Crippen LogP contribution in [0.1, 0.15) is 119 Å². The number of pyridine rings is 1. The number of hydrogen-bond acceptors (Lipinski definition) is 15. The van der Waals surface area contributed by atoms with Gasteiger partial charge in [0.05, 0.1) is 45.3 Å². The summed E-state index contributed by atoms with van der Waals surface area (Å²) >= 11 is 1.62. The normalized spacial score (nSPS) is 22.3.